The Morgan fingerprint density at radius 2 is 1.83 bits per heavy atom. The van der Waals surface area contributed by atoms with Crippen LogP contribution in [0, 0.1) is 11.8 Å². The fraction of sp³-hybridized carbons (Fsp3) is 0.933. The van der Waals surface area contributed by atoms with Crippen LogP contribution in [-0.4, -0.2) is 17.8 Å². The number of nitrogens with one attached hydrogen (secondary N) is 1. The largest absolute Gasteiger partial charge is 0.356 e. The molecule has 0 aliphatic carbocycles. The standard InChI is InChI=1S/C15H30BrNO/c1-4-7-9-14(6-3)15(18)17-12-13(8-5-2)10-11-16/h13-14H,4-12H2,1-3H3,(H,17,18). The summed E-state index contributed by atoms with van der Waals surface area (Å²) in [6, 6.07) is 0. The van der Waals surface area contributed by atoms with Gasteiger partial charge in [-0.1, -0.05) is 56.0 Å². The van der Waals surface area contributed by atoms with Crippen LogP contribution in [-0.2, 0) is 4.79 Å². The highest BCUT2D eigenvalue weighted by atomic mass is 79.9. The van der Waals surface area contributed by atoms with Gasteiger partial charge in [0, 0.05) is 17.8 Å². The monoisotopic (exact) mass is 319 g/mol. The second-order valence-corrected chi connectivity index (χ2v) is 5.92. The molecular formula is C15H30BrNO. The van der Waals surface area contributed by atoms with Gasteiger partial charge in [-0.3, -0.25) is 4.79 Å². The maximum absolute atomic E-state index is 12.1. The summed E-state index contributed by atoms with van der Waals surface area (Å²) in [5.41, 5.74) is 0. The average Bonchev–Trinajstić information content (AvgIpc) is 2.37. The lowest BCUT2D eigenvalue weighted by Gasteiger charge is -2.19. The van der Waals surface area contributed by atoms with Gasteiger partial charge in [-0.05, 0) is 31.6 Å². The van der Waals surface area contributed by atoms with Crippen molar-refractivity contribution in [3.63, 3.8) is 0 Å². The molecule has 0 heterocycles. The molecule has 108 valence electrons. The molecule has 0 aromatic carbocycles. The summed E-state index contributed by atoms with van der Waals surface area (Å²) in [5.74, 6) is 1.11. The molecule has 0 saturated carbocycles. The van der Waals surface area contributed by atoms with Crippen molar-refractivity contribution in [2.75, 3.05) is 11.9 Å². The Balaban J connectivity index is 4.02. The molecule has 0 aromatic rings. The van der Waals surface area contributed by atoms with E-state index in [9.17, 15) is 4.79 Å². The molecule has 0 saturated heterocycles. The summed E-state index contributed by atoms with van der Waals surface area (Å²) in [5, 5.41) is 4.18. The van der Waals surface area contributed by atoms with Gasteiger partial charge in [0.1, 0.15) is 0 Å². The van der Waals surface area contributed by atoms with Gasteiger partial charge in [0.15, 0.2) is 0 Å². The first-order valence-electron chi connectivity index (χ1n) is 7.53. The molecule has 1 amide bonds. The molecule has 18 heavy (non-hydrogen) atoms. The molecular weight excluding hydrogens is 290 g/mol. The Bertz CT molecular complexity index is 203. The van der Waals surface area contributed by atoms with E-state index in [2.05, 4.69) is 42.0 Å². The van der Waals surface area contributed by atoms with Gasteiger partial charge < -0.3 is 5.32 Å². The molecule has 2 atom stereocenters. The summed E-state index contributed by atoms with van der Waals surface area (Å²) in [4.78, 5) is 12.1. The molecule has 0 rings (SSSR count). The van der Waals surface area contributed by atoms with E-state index in [-0.39, 0.29) is 11.8 Å². The van der Waals surface area contributed by atoms with E-state index in [1.165, 1.54) is 19.3 Å². The lowest BCUT2D eigenvalue weighted by Crippen LogP contribution is -2.34. The Morgan fingerprint density at radius 3 is 2.33 bits per heavy atom. The smallest absolute Gasteiger partial charge is 0.223 e. The van der Waals surface area contributed by atoms with Crippen LogP contribution in [0.25, 0.3) is 0 Å². The number of amides is 1. The van der Waals surface area contributed by atoms with Gasteiger partial charge in [0.2, 0.25) is 5.91 Å². The zero-order valence-electron chi connectivity index (χ0n) is 12.3. The first-order valence-corrected chi connectivity index (χ1v) is 8.65. The molecule has 0 aliphatic heterocycles. The van der Waals surface area contributed by atoms with Gasteiger partial charge in [-0.2, -0.15) is 0 Å². The third-order valence-electron chi connectivity index (χ3n) is 3.55. The molecule has 0 bridgehead atoms. The van der Waals surface area contributed by atoms with E-state index in [0.29, 0.717) is 5.92 Å². The summed E-state index contributed by atoms with van der Waals surface area (Å²) >= 11 is 3.49. The molecule has 0 aliphatic rings. The SMILES string of the molecule is CCCCC(CC)C(=O)NCC(CCC)CCBr. The van der Waals surface area contributed by atoms with Crippen molar-refractivity contribution in [1.82, 2.24) is 5.32 Å². The predicted octanol–water partition coefficient (Wildman–Crippen LogP) is 4.52. The zero-order valence-corrected chi connectivity index (χ0v) is 13.9. The van der Waals surface area contributed by atoms with Crippen LogP contribution in [0.2, 0.25) is 0 Å². The Morgan fingerprint density at radius 1 is 1.11 bits per heavy atom. The van der Waals surface area contributed by atoms with Gasteiger partial charge in [0.25, 0.3) is 0 Å². The molecule has 1 N–H and O–H groups in total. The van der Waals surface area contributed by atoms with E-state index >= 15 is 0 Å². The lowest BCUT2D eigenvalue weighted by molar-refractivity contribution is -0.125. The van der Waals surface area contributed by atoms with Crippen molar-refractivity contribution < 1.29 is 4.79 Å². The third-order valence-corrected chi connectivity index (χ3v) is 4.01. The molecule has 0 spiro atoms. The minimum Gasteiger partial charge on any atom is -0.356 e. The minimum absolute atomic E-state index is 0.219. The number of hydrogen-bond acceptors (Lipinski definition) is 1. The average molecular weight is 320 g/mol. The van der Waals surface area contributed by atoms with Crippen molar-refractivity contribution in [2.45, 2.75) is 65.7 Å². The summed E-state index contributed by atoms with van der Waals surface area (Å²) < 4.78 is 0. The van der Waals surface area contributed by atoms with Gasteiger partial charge in [0.05, 0.1) is 0 Å². The van der Waals surface area contributed by atoms with Crippen LogP contribution in [0.5, 0.6) is 0 Å². The fourth-order valence-corrected chi connectivity index (χ4v) is 2.92. The van der Waals surface area contributed by atoms with Crippen molar-refractivity contribution in [3.8, 4) is 0 Å². The highest BCUT2D eigenvalue weighted by Crippen LogP contribution is 2.15. The summed E-state index contributed by atoms with van der Waals surface area (Å²) in [6.07, 6.45) is 7.88. The van der Waals surface area contributed by atoms with Crippen LogP contribution >= 0.6 is 15.9 Å². The Hall–Kier alpha value is -0.0500. The summed E-state index contributed by atoms with van der Waals surface area (Å²) in [6.45, 7) is 7.35. The van der Waals surface area contributed by atoms with Crippen LogP contribution in [0.3, 0.4) is 0 Å². The minimum atomic E-state index is 0.219. The van der Waals surface area contributed by atoms with E-state index < -0.39 is 0 Å². The van der Waals surface area contributed by atoms with Crippen LogP contribution in [0.4, 0.5) is 0 Å². The molecule has 2 unspecified atom stereocenters. The van der Waals surface area contributed by atoms with E-state index in [1.807, 2.05) is 0 Å². The lowest BCUT2D eigenvalue weighted by atomic mass is 9.97. The fourth-order valence-electron chi connectivity index (χ4n) is 2.27. The highest BCUT2D eigenvalue weighted by Gasteiger charge is 2.16. The van der Waals surface area contributed by atoms with Crippen LogP contribution < -0.4 is 5.32 Å². The van der Waals surface area contributed by atoms with Crippen molar-refractivity contribution >= 4 is 21.8 Å². The van der Waals surface area contributed by atoms with Gasteiger partial charge in [-0.15, -0.1) is 0 Å². The van der Waals surface area contributed by atoms with Crippen molar-refractivity contribution in [3.05, 3.63) is 0 Å². The Kier molecular flexibility index (Phi) is 12.0. The van der Waals surface area contributed by atoms with Crippen molar-refractivity contribution in [2.24, 2.45) is 11.8 Å². The Labute approximate surface area is 121 Å². The molecule has 0 fully saturated rings. The van der Waals surface area contributed by atoms with Crippen LogP contribution in [0.15, 0.2) is 0 Å². The quantitative estimate of drug-likeness (QED) is 0.557. The molecule has 0 aromatic heterocycles. The molecule has 2 nitrogen and oxygen atoms in total. The maximum atomic E-state index is 12.1. The normalized spacial score (nSPS) is 14.2. The maximum Gasteiger partial charge on any atom is 0.223 e. The number of alkyl halides is 1. The van der Waals surface area contributed by atoms with Gasteiger partial charge >= 0.3 is 0 Å². The molecule has 3 heteroatoms. The number of carbonyl (C=O) groups excluding carboxylic acids is 1. The molecule has 0 radical (unpaired) electrons. The zero-order chi connectivity index (χ0) is 13.8. The topological polar surface area (TPSA) is 29.1 Å². The van der Waals surface area contributed by atoms with E-state index in [1.54, 1.807) is 0 Å². The number of carbonyl (C=O) groups is 1. The predicted molar refractivity (Wildman–Crippen MR) is 83.1 cm³/mol. The first kappa shape index (κ1) is 17.9. The summed E-state index contributed by atoms with van der Waals surface area (Å²) in [7, 11) is 0. The third kappa shape index (κ3) is 8.12. The highest BCUT2D eigenvalue weighted by molar-refractivity contribution is 9.09. The van der Waals surface area contributed by atoms with Gasteiger partial charge in [-0.25, -0.2) is 0 Å². The second kappa shape index (κ2) is 12.0. The van der Waals surface area contributed by atoms with Crippen LogP contribution in [0.1, 0.15) is 65.7 Å². The van der Waals surface area contributed by atoms with Crippen molar-refractivity contribution in [1.29, 1.82) is 0 Å². The second-order valence-electron chi connectivity index (χ2n) is 5.12. The number of halogens is 1. The number of hydrogen-bond donors (Lipinski definition) is 1. The van der Waals surface area contributed by atoms with E-state index in [4.69, 9.17) is 0 Å². The number of unbranched alkanes of at least 4 members (excludes halogenated alkanes) is 1. The first-order chi connectivity index (χ1) is 8.69. The number of rotatable bonds is 11. The van der Waals surface area contributed by atoms with E-state index in [0.717, 1.165) is 37.6 Å².